The highest BCUT2D eigenvalue weighted by molar-refractivity contribution is 6.07. The van der Waals surface area contributed by atoms with Crippen molar-refractivity contribution in [3.05, 3.63) is 34.9 Å². The van der Waals surface area contributed by atoms with Crippen LogP contribution in [0.2, 0.25) is 0 Å². The van der Waals surface area contributed by atoms with Crippen LogP contribution in [0.1, 0.15) is 24.5 Å². The van der Waals surface area contributed by atoms with E-state index >= 15 is 0 Å². The minimum atomic E-state index is -0.338. The monoisotopic (exact) mass is 259 g/mol. The summed E-state index contributed by atoms with van der Waals surface area (Å²) in [6, 6.07) is 5.79. The number of nitrogens with zero attached hydrogens (tertiary/aromatic N) is 1. The van der Waals surface area contributed by atoms with E-state index in [1.807, 2.05) is 24.3 Å². The zero-order chi connectivity index (χ0) is 13.8. The van der Waals surface area contributed by atoms with Gasteiger partial charge < -0.3 is 9.47 Å². The van der Waals surface area contributed by atoms with Gasteiger partial charge in [0.25, 0.3) is 0 Å². The van der Waals surface area contributed by atoms with Crippen LogP contribution in [-0.4, -0.2) is 32.4 Å². The first kappa shape index (κ1) is 13.3. The van der Waals surface area contributed by atoms with E-state index < -0.39 is 0 Å². The first-order valence-electron chi connectivity index (χ1n) is 6.20. The van der Waals surface area contributed by atoms with Crippen molar-refractivity contribution in [2.24, 2.45) is 4.99 Å². The number of rotatable bonds is 3. The van der Waals surface area contributed by atoms with Gasteiger partial charge in [-0.15, -0.1) is 0 Å². The van der Waals surface area contributed by atoms with E-state index in [-0.39, 0.29) is 5.97 Å². The summed E-state index contributed by atoms with van der Waals surface area (Å²) >= 11 is 0. The second-order valence-electron chi connectivity index (χ2n) is 4.23. The van der Waals surface area contributed by atoms with Crippen LogP contribution in [0.15, 0.2) is 28.8 Å². The molecule has 0 N–H and O–H groups in total. The SMILES string of the molecule is CCC1=NCC(C(=O)OC)=Cc2cc(OC)ccc21. The highest BCUT2D eigenvalue weighted by Gasteiger charge is 2.17. The molecule has 0 aromatic heterocycles. The zero-order valence-corrected chi connectivity index (χ0v) is 11.4. The Hall–Kier alpha value is -2.10. The number of aliphatic imine (C=N–C) groups is 1. The molecule has 0 radical (unpaired) electrons. The second-order valence-corrected chi connectivity index (χ2v) is 4.23. The maximum atomic E-state index is 11.7. The first-order valence-corrected chi connectivity index (χ1v) is 6.20. The quantitative estimate of drug-likeness (QED) is 0.783. The third kappa shape index (κ3) is 2.67. The molecule has 0 aliphatic carbocycles. The minimum Gasteiger partial charge on any atom is -0.497 e. The molecule has 19 heavy (non-hydrogen) atoms. The van der Waals surface area contributed by atoms with Gasteiger partial charge in [0.15, 0.2) is 0 Å². The number of carbonyl (C=O) groups excluding carboxylic acids is 1. The Balaban J connectivity index is 2.55. The lowest BCUT2D eigenvalue weighted by Crippen LogP contribution is -2.07. The molecule has 1 heterocycles. The number of hydrogen-bond donors (Lipinski definition) is 0. The van der Waals surface area contributed by atoms with Crippen LogP contribution >= 0.6 is 0 Å². The average molecular weight is 259 g/mol. The number of methoxy groups -OCH3 is 2. The summed E-state index contributed by atoms with van der Waals surface area (Å²) in [5.41, 5.74) is 3.54. The van der Waals surface area contributed by atoms with Crippen LogP contribution in [0.5, 0.6) is 5.75 Å². The normalized spacial score (nSPS) is 13.8. The average Bonchev–Trinajstić information content (AvgIpc) is 2.64. The standard InChI is InChI=1S/C15H17NO3/c1-4-14-13-6-5-12(18-2)8-10(13)7-11(9-16-14)15(17)19-3/h5-8H,4,9H2,1-3H3. The van der Waals surface area contributed by atoms with Crippen molar-refractivity contribution in [3.8, 4) is 5.75 Å². The fourth-order valence-corrected chi connectivity index (χ4v) is 2.11. The van der Waals surface area contributed by atoms with Gasteiger partial charge in [0.2, 0.25) is 0 Å². The summed E-state index contributed by atoms with van der Waals surface area (Å²) in [5, 5.41) is 0. The van der Waals surface area contributed by atoms with Crippen LogP contribution < -0.4 is 4.74 Å². The largest absolute Gasteiger partial charge is 0.497 e. The van der Waals surface area contributed by atoms with E-state index in [0.29, 0.717) is 12.1 Å². The molecule has 0 bridgehead atoms. The number of esters is 1. The Morgan fingerprint density at radius 2 is 2.16 bits per heavy atom. The van der Waals surface area contributed by atoms with Crippen LogP contribution in [-0.2, 0) is 9.53 Å². The summed E-state index contributed by atoms with van der Waals surface area (Å²) in [5.74, 6) is 0.423. The Kier molecular flexibility index (Phi) is 4.00. The molecule has 0 saturated carbocycles. The summed E-state index contributed by atoms with van der Waals surface area (Å²) in [6.45, 7) is 2.41. The highest BCUT2D eigenvalue weighted by Crippen LogP contribution is 2.24. The van der Waals surface area contributed by atoms with Gasteiger partial charge in [-0.05, 0) is 36.3 Å². The Bertz CT molecular complexity index is 559. The van der Waals surface area contributed by atoms with Gasteiger partial charge in [-0.25, -0.2) is 4.79 Å². The lowest BCUT2D eigenvalue weighted by molar-refractivity contribution is -0.136. The Morgan fingerprint density at radius 3 is 2.79 bits per heavy atom. The topological polar surface area (TPSA) is 47.9 Å². The molecule has 100 valence electrons. The molecular weight excluding hydrogens is 242 g/mol. The molecule has 1 aliphatic rings. The number of benzene rings is 1. The summed E-state index contributed by atoms with van der Waals surface area (Å²) in [6.07, 6.45) is 2.65. The molecule has 0 spiro atoms. The fourth-order valence-electron chi connectivity index (χ4n) is 2.11. The molecule has 1 aliphatic heterocycles. The molecule has 0 saturated heterocycles. The van der Waals surface area contributed by atoms with E-state index in [4.69, 9.17) is 9.47 Å². The molecule has 4 nitrogen and oxygen atoms in total. The van der Waals surface area contributed by atoms with Crippen LogP contribution in [0.25, 0.3) is 6.08 Å². The fraction of sp³-hybridized carbons (Fsp3) is 0.333. The van der Waals surface area contributed by atoms with Crippen molar-refractivity contribution < 1.29 is 14.3 Å². The molecular formula is C15H17NO3. The molecule has 0 amide bonds. The number of carbonyl (C=O) groups is 1. The van der Waals surface area contributed by atoms with Crippen LogP contribution in [0.4, 0.5) is 0 Å². The lowest BCUT2D eigenvalue weighted by atomic mass is 10.00. The van der Waals surface area contributed by atoms with Gasteiger partial charge in [0.1, 0.15) is 5.75 Å². The smallest absolute Gasteiger partial charge is 0.335 e. The molecule has 2 rings (SSSR count). The predicted octanol–water partition coefficient (Wildman–Crippen LogP) is 2.46. The molecule has 0 unspecified atom stereocenters. The number of hydrogen-bond acceptors (Lipinski definition) is 4. The number of fused-ring (bicyclic) bond motifs is 1. The second kappa shape index (κ2) is 5.69. The van der Waals surface area contributed by atoms with Crippen molar-refractivity contribution in [1.82, 2.24) is 0 Å². The van der Waals surface area contributed by atoms with Crippen molar-refractivity contribution in [3.63, 3.8) is 0 Å². The van der Waals surface area contributed by atoms with Gasteiger partial charge in [0, 0.05) is 11.3 Å². The third-order valence-electron chi connectivity index (χ3n) is 3.12. The van der Waals surface area contributed by atoms with Crippen molar-refractivity contribution >= 4 is 17.8 Å². The maximum Gasteiger partial charge on any atom is 0.335 e. The Morgan fingerprint density at radius 1 is 1.37 bits per heavy atom. The molecule has 1 aromatic rings. The highest BCUT2D eigenvalue weighted by atomic mass is 16.5. The summed E-state index contributed by atoms with van der Waals surface area (Å²) in [4.78, 5) is 16.2. The van der Waals surface area contributed by atoms with E-state index in [1.54, 1.807) is 7.11 Å². The summed E-state index contributed by atoms with van der Waals surface area (Å²) < 4.78 is 10.0. The van der Waals surface area contributed by atoms with Gasteiger partial charge >= 0.3 is 5.97 Å². The maximum absolute atomic E-state index is 11.7. The van der Waals surface area contributed by atoms with E-state index in [0.717, 1.165) is 29.0 Å². The van der Waals surface area contributed by atoms with Crippen LogP contribution in [0, 0.1) is 0 Å². The van der Waals surface area contributed by atoms with Gasteiger partial charge in [-0.2, -0.15) is 0 Å². The minimum absolute atomic E-state index is 0.338. The predicted molar refractivity (Wildman–Crippen MR) is 74.7 cm³/mol. The lowest BCUT2D eigenvalue weighted by Gasteiger charge is -2.08. The Labute approximate surface area is 112 Å². The first-order chi connectivity index (χ1) is 9.19. The van der Waals surface area contributed by atoms with Gasteiger partial charge in [-0.1, -0.05) is 6.92 Å². The number of ether oxygens (including phenoxy) is 2. The third-order valence-corrected chi connectivity index (χ3v) is 3.12. The summed E-state index contributed by atoms with van der Waals surface area (Å²) in [7, 11) is 3.00. The molecule has 1 aromatic carbocycles. The molecule has 0 atom stereocenters. The van der Waals surface area contributed by atoms with Crippen molar-refractivity contribution in [2.45, 2.75) is 13.3 Å². The van der Waals surface area contributed by atoms with Gasteiger partial charge in [-0.3, -0.25) is 4.99 Å². The molecule has 0 fully saturated rings. The van der Waals surface area contributed by atoms with Crippen molar-refractivity contribution in [1.29, 1.82) is 0 Å². The van der Waals surface area contributed by atoms with E-state index in [1.165, 1.54) is 7.11 Å². The molecule has 4 heteroatoms. The van der Waals surface area contributed by atoms with E-state index in [9.17, 15) is 4.79 Å². The van der Waals surface area contributed by atoms with Gasteiger partial charge in [0.05, 0.1) is 26.3 Å². The zero-order valence-electron chi connectivity index (χ0n) is 11.4. The van der Waals surface area contributed by atoms with E-state index in [2.05, 4.69) is 11.9 Å². The van der Waals surface area contributed by atoms with Crippen molar-refractivity contribution in [2.75, 3.05) is 20.8 Å². The van der Waals surface area contributed by atoms with Crippen LogP contribution in [0.3, 0.4) is 0 Å².